The van der Waals surface area contributed by atoms with E-state index in [2.05, 4.69) is 22.6 Å². The fourth-order valence-corrected chi connectivity index (χ4v) is 4.32. The Hall–Kier alpha value is -2.89. The SMILES string of the molecule is Cc1ccccc1C(=O)Nc1ccnn1C1CCN(C(=O)[C@H]2CC=CCC2)CC1. The van der Waals surface area contributed by atoms with E-state index in [4.69, 9.17) is 0 Å². The molecule has 2 aliphatic rings. The minimum absolute atomic E-state index is 0.122. The predicted molar refractivity (Wildman–Crippen MR) is 113 cm³/mol. The summed E-state index contributed by atoms with van der Waals surface area (Å²) in [6, 6.07) is 9.58. The highest BCUT2D eigenvalue weighted by atomic mass is 16.2. The van der Waals surface area contributed by atoms with Crippen molar-refractivity contribution in [3.8, 4) is 0 Å². The number of hydrogen-bond donors (Lipinski definition) is 1. The first-order valence-electron chi connectivity index (χ1n) is 10.5. The lowest BCUT2D eigenvalue weighted by molar-refractivity contribution is -0.137. The number of amides is 2. The van der Waals surface area contributed by atoms with Gasteiger partial charge in [0.25, 0.3) is 5.91 Å². The van der Waals surface area contributed by atoms with Gasteiger partial charge >= 0.3 is 0 Å². The molecule has 6 heteroatoms. The fourth-order valence-electron chi connectivity index (χ4n) is 4.32. The summed E-state index contributed by atoms with van der Waals surface area (Å²) in [5.41, 5.74) is 1.61. The first kappa shape index (κ1) is 19.4. The molecule has 0 radical (unpaired) electrons. The third-order valence-corrected chi connectivity index (χ3v) is 6.04. The molecule has 0 unspecified atom stereocenters. The summed E-state index contributed by atoms with van der Waals surface area (Å²) in [6.07, 6.45) is 10.6. The molecule has 1 N–H and O–H groups in total. The summed E-state index contributed by atoms with van der Waals surface area (Å²) >= 11 is 0. The Morgan fingerprint density at radius 2 is 1.86 bits per heavy atom. The minimum atomic E-state index is -0.122. The Balaban J connectivity index is 1.38. The molecule has 2 amide bonds. The number of nitrogens with zero attached hydrogens (tertiary/aromatic N) is 3. The average molecular weight is 393 g/mol. The average Bonchev–Trinajstić information content (AvgIpc) is 3.22. The molecule has 0 bridgehead atoms. The normalized spacial score (nSPS) is 19.9. The number of likely N-dealkylation sites (tertiary alicyclic amines) is 1. The number of benzene rings is 1. The molecule has 0 saturated carbocycles. The maximum absolute atomic E-state index is 12.8. The summed E-state index contributed by atoms with van der Waals surface area (Å²) in [4.78, 5) is 27.4. The number of allylic oxidation sites excluding steroid dienone is 2. The van der Waals surface area contributed by atoms with Gasteiger partial charge in [-0.25, -0.2) is 4.68 Å². The van der Waals surface area contributed by atoms with E-state index >= 15 is 0 Å². The molecule has 1 aromatic heterocycles. The quantitative estimate of drug-likeness (QED) is 0.801. The van der Waals surface area contributed by atoms with E-state index in [0.29, 0.717) is 17.3 Å². The lowest BCUT2D eigenvalue weighted by Crippen LogP contribution is -2.42. The predicted octanol–water partition coefficient (Wildman–Crippen LogP) is 3.96. The van der Waals surface area contributed by atoms with Gasteiger partial charge in [-0.15, -0.1) is 0 Å². The van der Waals surface area contributed by atoms with Gasteiger partial charge in [0.05, 0.1) is 12.2 Å². The Morgan fingerprint density at radius 1 is 1.07 bits per heavy atom. The fraction of sp³-hybridized carbons (Fsp3) is 0.435. The van der Waals surface area contributed by atoms with Gasteiger partial charge in [-0.3, -0.25) is 9.59 Å². The molecule has 4 rings (SSSR count). The van der Waals surface area contributed by atoms with E-state index in [9.17, 15) is 9.59 Å². The van der Waals surface area contributed by atoms with Crippen LogP contribution in [0.2, 0.25) is 0 Å². The number of nitrogens with one attached hydrogen (secondary N) is 1. The van der Waals surface area contributed by atoms with Crippen LogP contribution in [0.3, 0.4) is 0 Å². The molecular weight excluding hydrogens is 364 g/mol. The number of anilines is 1. The first-order valence-corrected chi connectivity index (χ1v) is 10.5. The molecule has 1 atom stereocenters. The van der Waals surface area contributed by atoms with Crippen molar-refractivity contribution in [1.29, 1.82) is 0 Å². The molecule has 1 aliphatic heterocycles. The van der Waals surface area contributed by atoms with Crippen LogP contribution in [0.1, 0.15) is 54.1 Å². The zero-order valence-corrected chi connectivity index (χ0v) is 16.9. The van der Waals surface area contributed by atoms with Gasteiger partial charge in [0.1, 0.15) is 5.82 Å². The monoisotopic (exact) mass is 392 g/mol. The highest BCUT2D eigenvalue weighted by Gasteiger charge is 2.29. The summed E-state index contributed by atoms with van der Waals surface area (Å²) < 4.78 is 1.90. The minimum Gasteiger partial charge on any atom is -0.342 e. The number of carbonyl (C=O) groups is 2. The van der Waals surface area contributed by atoms with Gasteiger partial charge < -0.3 is 10.2 Å². The van der Waals surface area contributed by atoms with Crippen LogP contribution in [0.4, 0.5) is 5.82 Å². The van der Waals surface area contributed by atoms with Crippen molar-refractivity contribution in [1.82, 2.24) is 14.7 Å². The van der Waals surface area contributed by atoms with Crippen LogP contribution in [-0.2, 0) is 4.79 Å². The topological polar surface area (TPSA) is 67.2 Å². The van der Waals surface area contributed by atoms with Gasteiger partial charge in [0, 0.05) is 30.6 Å². The van der Waals surface area contributed by atoms with Crippen molar-refractivity contribution in [3.05, 3.63) is 59.8 Å². The lowest BCUT2D eigenvalue weighted by Gasteiger charge is -2.35. The van der Waals surface area contributed by atoms with Gasteiger partial charge in [0.2, 0.25) is 5.91 Å². The van der Waals surface area contributed by atoms with Crippen LogP contribution in [0.15, 0.2) is 48.7 Å². The maximum atomic E-state index is 12.8. The second kappa shape index (κ2) is 8.64. The zero-order valence-electron chi connectivity index (χ0n) is 16.9. The molecule has 6 nitrogen and oxygen atoms in total. The van der Waals surface area contributed by atoms with Crippen molar-refractivity contribution in [2.24, 2.45) is 5.92 Å². The Kier molecular flexibility index (Phi) is 5.79. The number of piperidine rings is 1. The largest absolute Gasteiger partial charge is 0.342 e. The molecule has 2 aromatic rings. The van der Waals surface area contributed by atoms with Crippen molar-refractivity contribution in [2.45, 2.75) is 45.1 Å². The van der Waals surface area contributed by atoms with Crippen LogP contribution in [0, 0.1) is 12.8 Å². The number of hydrogen-bond acceptors (Lipinski definition) is 3. The number of rotatable bonds is 4. The van der Waals surface area contributed by atoms with E-state index in [1.54, 1.807) is 6.20 Å². The Labute approximate surface area is 171 Å². The van der Waals surface area contributed by atoms with Crippen LogP contribution in [0.25, 0.3) is 0 Å². The van der Waals surface area contributed by atoms with E-state index < -0.39 is 0 Å². The molecule has 29 heavy (non-hydrogen) atoms. The summed E-state index contributed by atoms with van der Waals surface area (Å²) in [5, 5.41) is 7.46. The summed E-state index contributed by atoms with van der Waals surface area (Å²) in [7, 11) is 0. The third kappa shape index (κ3) is 4.26. The summed E-state index contributed by atoms with van der Waals surface area (Å²) in [5.74, 6) is 1.02. The van der Waals surface area contributed by atoms with E-state index in [-0.39, 0.29) is 17.9 Å². The molecule has 1 fully saturated rings. The van der Waals surface area contributed by atoms with Crippen molar-refractivity contribution >= 4 is 17.6 Å². The zero-order chi connectivity index (χ0) is 20.2. The van der Waals surface area contributed by atoms with Gasteiger partial charge in [-0.2, -0.15) is 5.10 Å². The third-order valence-electron chi connectivity index (χ3n) is 6.04. The van der Waals surface area contributed by atoms with E-state index in [1.165, 1.54) is 0 Å². The molecule has 152 valence electrons. The van der Waals surface area contributed by atoms with Crippen LogP contribution < -0.4 is 5.32 Å². The second-order valence-electron chi connectivity index (χ2n) is 7.97. The van der Waals surface area contributed by atoms with Gasteiger partial charge in [-0.1, -0.05) is 30.4 Å². The maximum Gasteiger partial charge on any atom is 0.257 e. The van der Waals surface area contributed by atoms with Crippen LogP contribution in [0.5, 0.6) is 0 Å². The smallest absolute Gasteiger partial charge is 0.257 e. The van der Waals surface area contributed by atoms with Crippen molar-refractivity contribution < 1.29 is 9.59 Å². The molecule has 0 spiro atoms. The molecule has 1 aromatic carbocycles. The number of aromatic nitrogens is 2. The van der Waals surface area contributed by atoms with Gasteiger partial charge in [-0.05, 0) is 50.7 Å². The highest BCUT2D eigenvalue weighted by molar-refractivity contribution is 6.04. The standard InChI is InChI=1S/C23H28N4O2/c1-17-7-5-6-10-20(17)22(28)25-21-11-14-24-27(21)19-12-15-26(16-13-19)23(29)18-8-3-2-4-9-18/h2-3,5-7,10-11,14,18-19H,4,8-9,12-13,15-16H2,1H3,(H,25,28)/t18-/m0/s1. The van der Waals surface area contributed by atoms with E-state index in [0.717, 1.165) is 50.8 Å². The van der Waals surface area contributed by atoms with Crippen LogP contribution in [-0.4, -0.2) is 39.6 Å². The lowest BCUT2D eigenvalue weighted by atomic mass is 9.92. The Bertz CT molecular complexity index is 909. The first-order chi connectivity index (χ1) is 14.1. The molecular formula is C23H28N4O2. The van der Waals surface area contributed by atoms with Gasteiger partial charge in [0.15, 0.2) is 0 Å². The highest BCUT2D eigenvalue weighted by Crippen LogP contribution is 2.28. The van der Waals surface area contributed by atoms with Crippen molar-refractivity contribution in [2.75, 3.05) is 18.4 Å². The van der Waals surface area contributed by atoms with Crippen molar-refractivity contribution in [3.63, 3.8) is 0 Å². The Morgan fingerprint density at radius 3 is 2.59 bits per heavy atom. The van der Waals surface area contributed by atoms with Crippen LogP contribution >= 0.6 is 0 Å². The molecule has 1 aliphatic carbocycles. The summed E-state index contributed by atoms with van der Waals surface area (Å²) in [6.45, 7) is 3.42. The second-order valence-corrected chi connectivity index (χ2v) is 7.97. The van der Waals surface area contributed by atoms with E-state index in [1.807, 2.05) is 46.8 Å². The number of aryl methyl sites for hydroxylation is 1. The molecule has 1 saturated heterocycles. The molecule has 2 heterocycles. The number of carbonyl (C=O) groups excluding carboxylic acids is 2.